The molecule has 2 fully saturated rings. The average Bonchev–Trinajstić information content (AvgIpc) is 3.03. The van der Waals surface area contributed by atoms with Crippen molar-refractivity contribution in [3.05, 3.63) is 0 Å². The lowest BCUT2D eigenvalue weighted by Gasteiger charge is -2.44. The Kier molecular flexibility index (Phi) is 3.65. The third-order valence-electron chi connectivity index (χ3n) is 4.01. The van der Waals surface area contributed by atoms with Crippen molar-refractivity contribution in [1.29, 1.82) is 0 Å². The van der Waals surface area contributed by atoms with Crippen LogP contribution in [0.2, 0.25) is 0 Å². The van der Waals surface area contributed by atoms with Crippen LogP contribution in [-0.2, 0) is 0 Å². The fourth-order valence-corrected chi connectivity index (χ4v) is 2.65. The molecular weight excluding hydrogens is 186 g/mol. The first-order valence-electron chi connectivity index (χ1n) is 6.33. The topological polar surface area (TPSA) is 18.5 Å². The molecule has 1 N–H and O–H groups in total. The minimum atomic E-state index is 0.723. The molecule has 2 aliphatic rings. The van der Waals surface area contributed by atoms with E-state index < -0.39 is 0 Å². The lowest BCUT2D eigenvalue weighted by atomic mass is 10.0. The largest absolute Gasteiger partial charge is 0.320 e. The van der Waals surface area contributed by atoms with Gasteiger partial charge in [0.1, 0.15) is 0 Å². The van der Waals surface area contributed by atoms with Crippen LogP contribution in [0.5, 0.6) is 0 Å². The zero-order chi connectivity index (χ0) is 10.8. The Hall–Kier alpha value is -0.120. The predicted molar refractivity (Wildman–Crippen MR) is 64.2 cm³/mol. The van der Waals surface area contributed by atoms with Crippen LogP contribution in [0.15, 0.2) is 0 Å². The van der Waals surface area contributed by atoms with Crippen LogP contribution in [-0.4, -0.2) is 61.7 Å². The summed E-state index contributed by atoms with van der Waals surface area (Å²) in [4.78, 5) is 5.28. The Morgan fingerprint density at radius 2 is 2.00 bits per heavy atom. The number of nitrogens with zero attached hydrogens (tertiary/aromatic N) is 2. The molecule has 0 bridgehead atoms. The summed E-state index contributed by atoms with van der Waals surface area (Å²) in [6.07, 6.45) is 4.16. The fraction of sp³-hybridized carbons (Fsp3) is 1.00. The minimum absolute atomic E-state index is 0.723. The van der Waals surface area contributed by atoms with Gasteiger partial charge in [-0.1, -0.05) is 0 Å². The maximum absolute atomic E-state index is 3.26. The molecule has 1 aliphatic carbocycles. The summed E-state index contributed by atoms with van der Waals surface area (Å²) in [6.45, 7) is 6.06. The zero-order valence-corrected chi connectivity index (χ0v) is 10.4. The standard InChI is InChI=1S/C12H25N3/c1-10-8-15(11-4-5-11)9-12(14(10)3)6-7-13-2/h10-13H,4-9H2,1-3H3. The van der Waals surface area contributed by atoms with Crippen molar-refractivity contribution in [2.24, 2.45) is 0 Å². The molecule has 0 aromatic carbocycles. The molecule has 0 spiro atoms. The van der Waals surface area contributed by atoms with Gasteiger partial charge in [0.2, 0.25) is 0 Å². The van der Waals surface area contributed by atoms with E-state index in [1.54, 1.807) is 0 Å². The summed E-state index contributed by atoms with van der Waals surface area (Å²) < 4.78 is 0. The van der Waals surface area contributed by atoms with Gasteiger partial charge in [0.15, 0.2) is 0 Å². The lowest BCUT2D eigenvalue weighted by Crippen LogP contribution is -2.57. The summed E-state index contributed by atoms with van der Waals surface area (Å²) in [5, 5.41) is 3.26. The van der Waals surface area contributed by atoms with Gasteiger partial charge in [-0.05, 0) is 46.8 Å². The molecule has 1 saturated heterocycles. The molecule has 1 saturated carbocycles. The van der Waals surface area contributed by atoms with Crippen molar-refractivity contribution in [2.45, 2.75) is 44.3 Å². The second-order valence-corrected chi connectivity index (χ2v) is 5.25. The zero-order valence-electron chi connectivity index (χ0n) is 10.4. The van der Waals surface area contributed by atoms with E-state index in [-0.39, 0.29) is 0 Å². The molecule has 2 rings (SSSR count). The Labute approximate surface area is 93.8 Å². The van der Waals surface area contributed by atoms with Crippen LogP contribution in [0, 0.1) is 0 Å². The van der Waals surface area contributed by atoms with Gasteiger partial charge in [-0.2, -0.15) is 0 Å². The van der Waals surface area contributed by atoms with E-state index in [0.717, 1.165) is 24.7 Å². The number of likely N-dealkylation sites (N-methyl/N-ethyl adjacent to an activating group) is 1. The van der Waals surface area contributed by atoms with Gasteiger partial charge < -0.3 is 5.32 Å². The molecule has 2 unspecified atom stereocenters. The Balaban J connectivity index is 1.88. The summed E-state index contributed by atoms with van der Waals surface area (Å²) in [5.74, 6) is 0. The monoisotopic (exact) mass is 211 g/mol. The third kappa shape index (κ3) is 2.71. The number of rotatable bonds is 4. The molecule has 0 radical (unpaired) electrons. The van der Waals surface area contributed by atoms with Crippen molar-refractivity contribution in [3.63, 3.8) is 0 Å². The molecular formula is C12H25N3. The number of hydrogen-bond acceptors (Lipinski definition) is 3. The van der Waals surface area contributed by atoms with E-state index in [1.165, 1.54) is 32.4 Å². The molecule has 0 aromatic heterocycles. The maximum Gasteiger partial charge on any atom is 0.0235 e. The normalized spacial score (nSPS) is 34.6. The van der Waals surface area contributed by atoms with Gasteiger partial charge in [-0.15, -0.1) is 0 Å². The van der Waals surface area contributed by atoms with E-state index in [9.17, 15) is 0 Å². The molecule has 3 nitrogen and oxygen atoms in total. The van der Waals surface area contributed by atoms with Gasteiger partial charge in [-0.25, -0.2) is 0 Å². The van der Waals surface area contributed by atoms with Gasteiger partial charge in [-0.3, -0.25) is 9.80 Å². The second kappa shape index (κ2) is 4.81. The van der Waals surface area contributed by atoms with Crippen LogP contribution in [0.1, 0.15) is 26.2 Å². The van der Waals surface area contributed by atoms with E-state index in [2.05, 4.69) is 29.1 Å². The molecule has 1 aliphatic heterocycles. The smallest absolute Gasteiger partial charge is 0.0235 e. The second-order valence-electron chi connectivity index (χ2n) is 5.25. The summed E-state index contributed by atoms with van der Waals surface area (Å²) in [5.41, 5.74) is 0. The van der Waals surface area contributed by atoms with Crippen molar-refractivity contribution >= 4 is 0 Å². The Bertz CT molecular complexity index is 203. The van der Waals surface area contributed by atoms with Crippen molar-refractivity contribution in [2.75, 3.05) is 33.7 Å². The van der Waals surface area contributed by atoms with Gasteiger partial charge in [0, 0.05) is 31.2 Å². The number of piperazine rings is 1. The first-order valence-corrected chi connectivity index (χ1v) is 6.33. The lowest BCUT2D eigenvalue weighted by molar-refractivity contribution is 0.0433. The highest BCUT2D eigenvalue weighted by molar-refractivity contribution is 4.93. The average molecular weight is 211 g/mol. The molecule has 0 amide bonds. The molecule has 2 atom stereocenters. The van der Waals surface area contributed by atoms with E-state index >= 15 is 0 Å². The number of hydrogen-bond donors (Lipinski definition) is 1. The van der Waals surface area contributed by atoms with Gasteiger partial charge in [0.05, 0.1) is 0 Å². The minimum Gasteiger partial charge on any atom is -0.320 e. The van der Waals surface area contributed by atoms with Crippen molar-refractivity contribution in [1.82, 2.24) is 15.1 Å². The van der Waals surface area contributed by atoms with Crippen LogP contribution >= 0.6 is 0 Å². The van der Waals surface area contributed by atoms with Crippen molar-refractivity contribution in [3.8, 4) is 0 Å². The first-order chi connectivity index (χ1) is 7.22. The molecule has 0 aromatic rings. The summed E-state index contributed by atoms with van der Waals surface area (Å²) in [7, 11) is 4.33. The Morgan fingerprint density at radius 3 is 2.60 bits per heavy atom. The van der Waals surface area contributed by atoms with Crippen LogP contribution < -0.4 is 5.32 Å². The van der Waals surface area contributed by atoms with Crippen molar-refractivity contribution < 1.29 is 0 Å². The highest BCUT2D eigenvalue weighted by Crippen LogP contribution is 2.30. The summed E-state index contributed by atoms with van der Waals surface area (Å²) in [6, 6.07) is 2.40. The van der Waals surface area contributed by atoms with Crippen LogP contribution in [0.3, 0.4) is 0 Å². The molecule has 3 heteroatoms. The van der Waals surface area contributed by atoms with Gasteiger partial charge >= 0.3 is 0 Å². The van der Waals surface area contributed by atoms with E-state index in [0.29, 0.717) is 0 Å². The Morgan fingerprint density at radius 1 is 1.27 bits per heavy atom. The van der Waals surface area contributed by atoms with Gasteiger partial charge in [0.25, 0.3) is 0 Å². The fourth-order valence-electron chi connectivity index (χ4n) is 2.65. The molecule has 1 heterocycles. The molecule has 15 heavy (non-hydrogen) atoms. The van der Waals surface area contributed by atoms with E-state index in [4.69, 9.17) is 0 Å². The maximum atomic E-state index is 3.26. The SMILES string of the molecule is CNCCC1CN(C2CC2)CC(C)N1C. The first kappa shape index (κ1) is 11.4. The van der Waals surface area contributed by atoms with Crippen LogP contribution in [0.4, 0.5) is 0 Å². The highest BCUT2D eigenvalue weighted by atomic mass is 15.3. The van der Waals surface area contributed by atoms with E-state index in [1.807, 2.05) is 7.05 Å². The quantitative estimate of drug-likeness (QED) is 0.741. The predicted octanol–water partition coefficient (Wildman–Crippen LogP) is 0.763. The molecule has 88 valence electrons. The number of nitrogens with one attached hydrogen (secondary N) is 1. The third-order valence-corrected chi connectivity index (χ3v) is 4.01. The van der Waals surface area contributed by atoms with Crippen LogP contribution in [0.25, 0.3) is 0 Å². The highest BCUT2D eigenvalue weighted by Gasteiger charge is 2.36. The summed E-state index contributed by atoms with van der Waals surface area (Å²) >= 11 is 0.